The Kier molecular flexibility index (Phi) is 5.31. The third-order valence-corrected chi connectivity index (χ3v) is 3.67. The van der Waals surface area contributed by atoms with Gasteiger partial charge in [-0.15, -0.1) is 0 Å². The third kappa shape index (κ3) is 6.52. The molecule has 0 heterocycles. The predicted octanol–water partition coefficient (Wildman–Crippen LogP) is 2.04. The Bertz CT molecular complexity index is 263. The van der Waals surface area contributed by atoms with Gasteiger partial charge in [-0.2, -0.15) is 13.2 Å². The molecule has 15 heavy (non-hydrogen) atoms. The quantitative estimate of drug-likeness (QED) is 0.551. The van der Waals surface area contributed by atoms with Gasteiger partial charge < -0.3 is 9.26 Å². The van der Waals surface area contributed by atoms with Crippen LogP contribution in [-0.2, 0) is 18.6 Å². The molecule has 0 spiro atoms. The SMILES string of the molecule is CCOC(=O)CP(=O)(CC(F)(F)F)OC. The summed E-state index contributed by atoms with van der Waals surface area (Å²) in [5.74, 6) is -0.952. The molecule has 0 aromatic heterocycles. The normalized spacial score (nSPS) is 15.8. The number of carbonyl (C=O) groups excluding carboxylic acids is 1. The average Bonchev–Trinajstić information content (AvgIpc) is 2.00. The summed E-state index contributed by atoms with van der Waals surface area (Å²) in [5.41, 5.74) is 0. The molecule has 1 unspecified atom stereocenters. The maximum atomic E-state index is 12.0. The van der Waals surface area contributed by atoms with Gasteiger partial charge in [-0.1, -0.05) is 0 Å². The summed E-state index contributed by atoms with van der Waals surface area (Å²) < 4.78 is 56.0. The fourth-order valence-electron chi connectivity index (χ4n) is 0.861. The highest BCUT2D eigenvalue weighted by molar-refractivity contribution is 7.60. The Hall–Kier alpha value is -0.550. The summed E-state index contributed by atoms with van der Waals surface area (Å²) in [7, 11) is -3.13. The second-order valence-electron chi connectivity index (χ2n) is 2.73. The zero-order valence-corrected chi connectivity index (χ0v) is 9.23. The van der Waals surface area contributed by atoms with Crippen molar-refractivity contribution in [1.82, 2.24) is 0 Å². The molecule has 0 radical (unpaired) electrons. The number of hydrogen-bond acceptors (Lipinski definition) is 4. The third-order valence-electron chi connectivity index (χ3n) is 1.43. The van der Waals surface area contributed by atoms with E-state index in [9.17, 15) is 22.5 Å². The van der Waals surface area contributed by atoms with E-state index in [4.69, 9.17) is 0 Å². The Morgan fingerprint density at radius 1 is 1.40 bits per heavy atom. The lowest BCUT2D eigenvalue weighted by atomic mass is 10.8. The lowest BCUT2D eigenvalue weighted by molar-refractivity contribution is -0.140. The van der Waals surface area contributed by atoms with Crippen LogP contribution in [0.4, 0.5) is 13.2 Å². The number of ether oxygens (including phenoxy) is 1. The van der Waals surface area contributed by atoms with E-state index in [-0.39, 0.29) is 6.61 Å². The van der Waals surface area contributed by atoms with Crippen LogP contribution in [0.3, 0.4) is 0 Å². The van der Waals surface area contributed by atoms with Gasteiger partial charge in [0.05, 0.1) is 6.61 Å². The van der Waals surface area contributed by atoms with Gasteiger partial charge in [-0.3, -0.25) is 9.36 Å². The Labute approximate surface area is 85.2 Å². The predicted molar refractivity (Wildman–Crippen MR) is 47.0 cm³/mol. The zero-order valence-electron chi connectivity index (χ0n) is 8.34. The fraction of sp³-hybridized carbons (Fsp3) is 0.857. The van der Waals surface area contributed by atoms with Gasteiger partial charge in [0.2, 0.25) is 7.37 Å². The summed E-state index contributed by atoms with van der Waals surface area (Å²) in [6.45, 7) is 1.52. The number of carbonyl (C=O) groups is 1. The van der Waals surface area contributed by atoms with Crippen molar-refractivity contribution in [2.24, 2.45) is 0 Å². The van der Waals surface area contributed by atoms with Crippen molar-refractivity contribution in [3.05, 3.63) is 0 Å². The van der Waals surface area contributed by atoms with E-state index in [2.05, 4.69) is 9.26 Å². The van der Waals surface area contributed by atoms with Crippen LogP contribution in [0.15, 0.2) is 0 Å². The molecular formula is C7H12F3O4P. The largest absolute Gasteiger partial charge is 0.466 e. The highest BCUT2D eigenvalue weighted by Gasteiger charge is 2.40. The first-order valence-corrected chi connectivity index (χ1v) is 6.08. The second kappa shape index (κ2) is 5.51. The summed E-state index contributed by atoms with van der Waals surface area (Å²) in [5, 5.41) is 0. The number of hydrogen-bond donors (Lipinski definition) is 0. The molecule has 0 aliphatic carbocycles. The molecule has 0 saturated heterocycles. The van der Waals surface area contributed by atoms with Crippen LogP contribution >= 0.6 is 7.37 Å². The van der Waals surface area contributed by atoms with Crippen LogP contribution in [-0.4, -0.2) is 38.2 Å². The van der Waals surface area contributed by atoms with Crippen LogP contribution in [0.25, 0.3) is 0 Å². The molecule has 0 aromatic carbocycles. The molecule has 0 saturated carbocycles. The van der Waals surface area contributed by atoms with Crippen molar-refractivity contribution in [3.8, 4) is 0 Å². The van der Waals surface area contributed by atoms with Gasteiger partial charge in [-0.25, -0.2) is 0 Å². The lowest BCUT2D eigenvalue weighted by Crippen LogP contribution is -2.20. The van der Waals surface area contributed by atoms with Crippen LogP contribution in [0, 0.1) is 0 Å². The van der Waals surface area contributed by atoms with Crippen molar-refractivity contribution in [2.75, 3.05) is 26.0 Å². The number of esters is 1. The maximum Gasteiger partial charge on any atom is 0.398 e. The van der Waals surface area contributed by atoms with E-state index < -0.39 is 31.8 Å². The molecule has 8 heteroatoms. The van der Waals surface area contributed by atoms with Crippen molar-refractivity contribution < 1.29 is 31.8 Å². The number of rotatable bonds is 5. The molecule has 0 bridgehead atoms. The van der Waals surface area contributed by atoms with Crippen LogP contribution < -0.4 is 0 Å². The molecule has 1 atom stereocenters. The Morgan fingerprint density at radius 2 is 1.93 bits per heavy atom. The first kappa shape index (κ1) is 14.5. The van der Waals surface area contributed by atoms with E-state index in [1.54, 1.807) is 0 Å². The van der Waals surface area contributed by atoms with E-state index in [1.165, 1.54) is 6.92 Å². The van der Waals surface area contributed by atoms with Gasteiger partial charge >= 0.3 is 12.1 Å². The topological polar surface area (TPSA) is 52.6 Å². The zero-order chi connectivity index (χ0) is 12.1. The molecule has 4 nitrogen and oxygen atoms in total. The summed E-state index contributed by atoms with van der Waals surface area (Å²) in [6, 6.07) is 0. The average molecular weight is 248 g/mol. The van der Waals surface area contributed by atoms with E-state index in [0.29, 0.717) is 0 Å². The van der Waals surface area contributed by atoms with Crippen molar-refractivity contribution in [2.45, 2.75) is 13.1 Å². The highest BCUT2D eigenvalue weighted by atomic mass is 31.2. The van der Waals surface area contributed by atoms with E-state index in [1.807, 2.05) is 0 Å². The Morgan fingerprint density at radius 3 is 2.27 bits per heavy atom. The monoisotopic (exact) mass is 248 g/mol. The summed E-state index contributed by atoms with van der Waals surface area (Å²) in [6.07, 6.45) is -7.09. The van der Waals surface area contributed by atoms with Gasteiger partial charge in [0.15, 0.2) is 0 Å². The molecule has 0 amide bonds. The molecule has 0 aliphatic rings. The number of alkyl halides is 3. The van der Waals surface area contributed by atoms with Crippen LogP contribution in [0.2, 0.25) is 0 Å². The van der Waals surface area contributed by atoms with Gasteiger partial charge in [-0.05, 0) is 6.92 Å². The van der Waals surface area contributed by atoms with Gasteiger partial charge in [0.1, 0.15) is 12.3 Å². The van der Waals surface area contributed by atoms with Gasteiger partial charge in [0.25, 0.3) is 0 Å². The molecule has 0 aromatic rings. The Balaban J connectivity index is 4.45. The lowest BCUT2D eigenvalue weighted by Gasteiger charge is -2.16. The van der Waals surface area contributed by atoms with E-state index in [0.717, 1.165) is 7.11 Å². The minimum absolute atomic E-state index is 0.0224. The smallest absolute Gasteiger partial charge is 0.398 e. The fourth-order valence-corrected chi connectivity index (χ4v) is 2.26. The first-order chi connectivity index (χ1) is 6.72. The molecule has 0 aliphatic heterocycles. The highest BCUT2D eigenvalue weighted by Crippen LogP contribution is 2.50. The molecule has 0 rings (SSSR count). The van der Waals surface area contributed by atoms with Crippen LogP contribution in [0.1, 0.15) is 6.92 Å². The first-order valence-electron chi connectivity index (χ1n) is 4.08. The molecule has 90 valence electrons. The van der Waals surface area contributed by atoms with Gasteiger partial charge in [0, 0.05) is 7.11 Å². The molecule has 0 fully saturated rings. The maximum absolute atomic E-state index is 12.0. The second-order valence-corrected chi connectivity index (χ2v) is 5.36. The van der Waals surface area contributed by atoms with Crippen molar-refractivity contribution in [3.63, 3.8) is 0 Å². The van der Waals surface area contributed by atoms with Crippen molar-refractivity contribution >= 4 is 13.3 Å². The summed E-state index contributed by atoms with van der Waals surface area (Å²) in [4.78, 5) is 10.9. The van der Waals surface area contributed by atoms with E-state index >= 15 is 0 Å². The molecule has 0 N–H and O–H groups in total. The van der Waals surface area contributed by atoms with Crippen LogP contribution in [0.5, 0.6) is 0 Å². The minimum Gasteiger partial charge on any atom is -0.466 e. The summed E-state index contributed by atoms with van der Waals surface area (Å²) >= 11 is 0. The standard InChI is InChI=1S/C7H12F3O4P/c1-3-14-6(11)4-15(12,13-2)5-7(8,9)10/h3-5H2,1-2H3. The molecular weight excluding hydrogens is 236 g/mol. The van der Waals surface area contributed by atoms with Crippen molar-refractivity contribution in [1.29, 1.82) is 0 Å². The minimum atomic E-state index is -4.63. The number of halogens is 3.